The Labute approximate surface area is 114 Å². The zero-order valence-corrected chi connectivity index (χ0v) is 12.4. The molecular weight excluding hydrogens is 246 g/mol. The fourth-order valence-electron chi connectivity index (χ4n) is 2.93. The highest BCUT2D eigenvalue weighted by Gasteiger charge is 2.43. The smallest absolute Gasteiger partial charge is 0.305 e. The van der Waals surface area contributed by atoms with Crippen LogP contribution in [0.15, 0.2) is 0 Å². The van der Waals surface area contributed by atoms with Crippen molar-refractivity contribution in [3.63, 3.8) is 0 Å². The molecule has 1 amide bonds. The Morgan fingerprint density at radius 2 is 1.84 bits per heavy atom. The van der Waals surface area contributed by atoms with E-state index in [-0.39, 0.29) is 42.4 Å². The number of carboxylic acids is 1. The van der Waals surface area contributed by atoms with Crippen LogP contribution in [0.2, 0.25) is 0 Å². The topological polar surface area (TPSA) is 66.8 Å². The van der Waals surface area contributed by atoms with Crippen LogP contribution >= 0.6 is 0 Å². The van der Waals surface area contributed by atoms with Gasteiger partial charge >= 0.3 is 5.97 Å². The lowest BCUT2D eigenvalue weighted by atomic mass is 9.88. The monoisotopic (exact) mass is 271 g/mol. The van der Waals surface area contributed by atoms with Gasteiger partial charge in [0.15, 0.2) is 0 Å². The highest BCUT2D eigenvalue weighted by atomic mass is 16.5. The molecule has 19 heavy (non-hydrogen) atoms. The molecular formula is C14H25NO4. The number of nitrogens with zero attached hydrogens (tertiary/aromatic N) is 1. The summed E-state index contributed by atoms with van der Waals surface area (Å²) in [6.07, 6.45) is -0.0631. The van der Waals surface area contributed by atoms with E-state index in [4.69, 9.17) is 9.84 Å². The third-order valence-electron chi connectivity index (χ3n) is 4.15. The van der Waals surface area contributed by atoms with Crippen LogP contribution in [0.5, 0.6) is 0 Å². The second-order valence-corrected chi connectivity index (χ2v) is 5.50. The van der Waals surface area contributed by atoms with Crippen molar-refractivity contribution in [3.05, 3.63) is 0 Å². The summed E-state index contributed by atoms with van der Waals surface area (Å²) in [5.41, 5.74) is 0. The lowest BCUT2D eigenvalue weighted by molar-refractivity contribution is -0.143. The van der Waals surface area contributed by atoms with E-state index in [0.29, 0.717) is 6.54 Å². The maximum Gasteiger partial charge on any atom is 0.305 e. The molecule has 1 heterocycles. The minimum Gasteiger partial charge on any atom is -0.481 e. The van der Waals surface area contributed by atoms with E-state index in [1.165, 1.54) is 0 Å². The number of rotatable bonds is 5. The summed E-state index contributed by atoms with van der Waals surface area (Å²) < 4.78 is 5.70. The van der Waals surface area contributed by atoms with E-state index in [2.05, 4.69) is 0 Å². The van der Waals surface area contributed by atoms with E-state index < -0.39 is 5.97 Å². The number of aliphatic carboxylic acids is 1. The van der Waals surface area contributed by atoms with Gasteiger partial charge in [0, 0.05) is 12.6 Å². The molecule has 110 valence electrons. The molecule has 0 aromatic carbocycles. The Kier molecular flexibility index (Phi) is 5.35. The zero-order valence-electron chi connectivity index (χ0n) is 12.4. The van der Waals surface area contributed by atoms with Gasteiger partial charge in [0.05, 0.1) is 24.5 Å². The summed E-state index contributed by atoms with van der Waals surface area (Å²) in [5.74, 6) is -0.878. The molecule has 1 fully saturated rings. The maximum absolute atomic E-state index is 12.6. The van der Waals surface area contributed by atoms with Gasteiger partial charge in [0.1, 0.15) is 0 Å². The summed E-state index contributed by atoms with van der Waals surface area (Å²) in [6.45, 7) is 10.1. The first kappa shape index (κ1) is 16.0. The lowest BCUT2D eigenvalue weighted by Crippen LogP contribution is -2.46. The molecule has 0 saturated carbocycles. The van der Waals surface area contributed by atoms with Crippen molar-refractivity contribution in [2.24, 2.45) is 11.8 Å². The van der Waals surface area contributed by atoms with Crippen molar-refractivity contribution in [2.45, 2.75) is 59.3 Å². The first-order valence-corrected chi connectivity index (χ1v) is 6.97. The van der Waals surface area contributed by atoms with Crippen LogP contribution < -0.4 is 0 Å². The average molecular weight is 271 g/mol. The molecule has 1 saturated heterocycles. The largest absolute Gasteiger partial charge is 0.481 e. The third-order valence-corrected chi connectivity index (χ3v) is 4.15. The fraction of sp³-hybridized carbons (Fsp3) is 0.857. The highest BCUT2D eigenvalue weighted by molar-refractivity contribution is 5.81. The summed E-state index contributed by atoms with van der Waals surface area (Å²) in [4.78, 5) is 25.1. The lowest BCUT2D eigenvalue weighted by Gasteiger charge is -2.31. The Bertz CT molecular complexity index is 344. The van der Waals surface area contributed by atoms with Crippen molar-refractivity contribution < 1.29 is 19.4 Å². The minimum atomic E-state index is -0.879. The molecule has 5 nitrogen and oxygen atoms in total. The van der Waals surface area contributed by atoms with Crippen molar-refractivity contribution in [1.82, 2.24) is 4.90 Å². The van der Waals surface area contributed by atoms with Crippen LogP contribution in [0.3, 0.4) is 0 Å². The first-order valence-electron chi connectivity index (χ1n) is 6.97. The summed E-state index contributed by atoms with van der Waals surface area (Å²) in [7, 11) is 0. The van der Waals surface area contributed by atoms with Crippen LogP contribution in [0.1, 0.15) is 41.0 Å². The Hall–Kier alpha value is -1.10. The zero-order chi connectivity index (χ0) is 14.7. The third kappa shape index (κ3) is 3.47. The summed E-state index contributed by atoms with van der Waals surface area (Å²) in [6, 6.07) is -0.287. The molecule has 1 rings (SSSR count). The van der Waals surface area contributed by atoms with Crippen LogP contribution in [0.25, 0.3) is 0 Å². The van der Waals surface area contributed by atoms with Gasteiger partial charge in [-0.2, -0.15) is 0 Å². The van der Waals surface area contributed by atoms with Crippen molar-refractivity contribution in [2.75, 3.05) is 6.54 Å². The standard InChI is InChI=1S/C14H25NO4/c1-6-15(8(2)7-12(16)17)14(18)13-9(3)10(4)19-11(13)5/h8-11,13H,6-7H2,1-5H3,(H,16,17). The van der Waals surface area contributed by atoms with E-state index in [1.807, 2.05) is 27.7 Å². The van der Waals surface area contributed by atoms with E-state index in [0.717, 1.165) is 0 Å². The van der Waals surface area contributed by atoms with Crippen molar-refractivity contribution in [3.8, 4) is 0 Å². The summed E-state index contributed by atoms with van der Waals surface area (Å²) in [5, 5.41) is 8.86. The summed E-state index contributed by atoms with van der Waals surface area (Å²) >= 11 is 0. The molecule has 5 atom stereocenters. The SMILES string of the molecule is CCN(C(=O)C1C(C)OC(C)C1C)C(C)CC(=O)O. The molecule has 5 heteroatoms. The van der Waals surface area contributed by atoms with E-state index in [9.17, 15) is 9.59 Å². The van der Waals surface area contributed by atoms with Crippen molar-refractivity contribution >= 4 is 11.9 Å². The van der Waals surface area contributed by atoms with Gasteiger partial charge in [-0.15, -0.1) is 0 Å². The molecule has 0 aromatic heterocycles. The molecule has 1 aliphatic rings. The van der Waals surface area contributed by atoms with Crippen LogP contribution in [0.4, 0.5) is 0 Å². The molecule has 1 aliphatic heterocycles. The first-order chi connectivity index (χ1) is 8.79. The quantitative estimate of drug-likeness (QED) is 0.827. The molecule has 0 spiro atoms. The van der Waals surface area contributed by atoms with Gasteiger partial charge < -0.3 is 14.7 Å². The van der Waals surface area contributed by atoms with Gasteiger partial charge in [-0.3, -0.25) is 9.59 Å². The van der Waals surface area contributed by atoms with Gasteiger partial charge in [0.25, 0.3) is 0 Å². The minimum absolute atomic E-state index is 0.0144. The van der Waals surface area contributed by atoms with Gasteiger partial charge in [0.2, 0.25) is 5.91 Å². The highest BCUT2D eigenvalue weighted by Crippen LogP contribution is 2.34. The normalized spacial score (nSPS) is 32.1. The molecule has 1 N–H and O–H groups in total. The van der Waals surface area contributed by atoms with Gasteiger partial charge in [-0.1, -0.05) is 6.92 Å². The van der Waals surface area contributed by atoms with Crippen LogP contribution in [-0.2, 0) is 14.3 Å². The Morgan fingerprint density at radius 1 is 1.26 bits per heavy atom. The second kappa shape index (κ2) is 6.37. The van der Waals surface area contributed by atoms with E-state index in [1.54, 1.807) is 11.8 Å². The predicted molar refractivity (Wildman–Crippen MR) is 71.8 cm³/mol. The number of carbonyl (C=O) groups is 2. The van der Waals surface area contributed by atoms with Gasteiger partial charge in [-0.25, -0.2) is 0 Å². The number of carbonyl (C=O) groups excluding carboxylic acids is 1. The number of amides is 1. The number of hydrogen-bond donors (Lipinski definition) is 1. The Morgan fingerprint density at radius 3 is 2.21 bits per heavy atom. The molecule has 0 aliphatic carbocycles. The predicted octanol–water partition coefficient (Wildman–Crippen LogP) is 1.76. The molecule has 0 radical (unpaired) electrons. The molecule has 0 bridgehead atoms. The number of ether oxygens (including phenoxy) is 1. The molecule has 0 aromatic rings. The fourth-order valence-corrected chi connectivity index (χ4v) is 2.93. The second-order valence-electron chi connectivity index (χ2n) is 5.50. The number of carboxylic acid groups (broad SMARTS) is 1. The van der Waals surface area contributed by atoms with Crippen LogP contribution in [-0.4, -0.2) is 46.7 Å². The maximum atomic E-state index is 12.6. The van der Waals surface area contributed by atoms with Crippen LogP contribution in [0, 0.1) is 11.8 Å². The number of hydrogen-bond acceptors (Lipinski definition) is 3. The molecule has 5 unspecified atom stereocenters. The average Bonchev–Trinajstić information content (AvgIpc) is 2.52. The van der Waals surface area contributed by atoms with Gasteiger partial charge in [-0.05, 0) is 33.6 Å². The van der Waals surface area contributed by atoms with Crippen molar-refractivity contribution in [1.29, 1.82) is 0 Å². The Balaban J connectivity index is 2.81. The van der Waals surface area contributed by atoms with E-state index >= 15 is 0 Å².